The average molecular weight is 340 g/mol. The molecule has 2 amide bonds. The van der Waals surface area contributed by atoms with Crippen molar-refractivity contribution in [3.63, 3.8) is 0 Å². The van der Waals surface area contributed by atoms with Gasteiger partial charge in [0, 0.05) is 18.2 Å². The number of carbonyl (C=O) groups is 2. The molecule has 0 aliphatic rings. The van der Waals surface area contributed by atoms with Crippen molar-refractivity contribution in [1.29, 1.82) is 0 Å². The fraction of sp³-hybridized carbons (Fsp3) is 0.300. The topological polar surface area (TPSA) is 67.4 Å². The second-order valence-electron chi connectivity index (χ2n) is 6.88. The Morgan fingerprint density at radius 3 is 2.12 bits per heavy atom. The van der Waals surface area contributed by atoms with E-state index in [-0.39, 0.29) is 17.2 Å². The number of methoxy groups -OCH3 is 1. The van der Waals surface area contributed by atoms with Crippen molar-refractivity contribution in [2.45, 2.75) is 33.1 Å². The SMILES string of the molecule is COc1ccc(NC(C)=O)cc1NC(=O)c1ccc(C(C)(C)C)cc1. The first-order valence-corrected chi connectivity index (χ1v) is 8.08. The smallest absolute Gasteiger partial charge is 0.255 e. The monoisotopic (exact) mass is 340 g/mol. The van der Waals surface area contributed by atoms with Crippen molar-refractivity contribution >= 4 is 23.2 Å². The van der Waals surface area contributed by atoms with E-state index < -0.39 is 0 Å². The van der Waals surface area contributed by atoms with Crippen LogP contribution in [0.4, 0.5) is 11.4 Å². The van der Waals surface area contributed by atoms with Crippen LogP contribution in [0.25, 0.3) is 0 Å². The number of nitrogens with one attached hydrogen (secondary N) is 2. The lowest BCUT2D eigenvalue weighted by molar-refractivity contribution is -0.114. The van der Waals surface area contributed by atoms with E-state index in [0.29, 0.717) is 22.7 Å². The van der Waals surface area contributed by atoms with Crippen LogP contribution in [0.5, 0.6) is 5.75 Å². The van der Waals surface area contributed by atoms with Gasteiger partial charge in [-0.05, 0) is 41.3 Å². The van der Waals surface area contributed by atoms with Gasteiger partial charge in [0.05, 0.1) is 12.8 Å². The summed E-state index contributed by atoms with van der Waals surface area (Å²) in [5, 5.41) is 5.52. The van der Waals surface area contributed by atoms with Crippen molar-refractivity contribution in [3.8, 4) is 5.75 Å². The molecule has 0 saturated heterocycles. The average Bonchev–Trinajstić information content (AvgIpc) is 2.54. The minimum absolute atomic E-state index is 0.0327. The summed E-state index contributed by atoms with van der Waals surface area (Å²) < 4.78 is 5.28. The molecular formula is C20H24N2O3. The van der Waals surface area contributed by atoms with Crippen LogP contribution in [-0.4, -0.2) is 18.9 Å². The highest BCUT2D eigenvalue weighted by molar-refractivity contribution is 6.05. The zero-order valence-electron chi connectivity index (χ0n) is 15.3. The number of carbonyl (C=O) groups excluding carboxylic acids is 2. The third-order valence-electron chi connectivity index (χ3n) is 3.78. The van der Waals surface area contributed by atoms with E-state index in [1.165, 1.54) is 14.0 Å². The minimum atomic E-state index is -0.237. The van der Waals surface area contributed by atoms with Crippen molar-refractivity contribution in [2.24, 2.45) is 0 Å². The summed E-state index contributed by atoms with van der Waals surface area (Å²) in [6, 6.07) is 12.6. The number of anilines is 2. The highest BCUT2D eigenvalue weighted by Crippen LogP contribution is 2.29. The van der Waals surface area contributed by atoms with Gasteiger partial charge in [0.15, 0.2) is 0 Å². The zero-order chi connectivity index (χ0) is 18.6. The molecule has 0 aliphatic heterocycles. The van der Waals surface area contributed by atoms with Crippen LogP contribution in [-0.2, 0) is 10.2 Å². The molecule has 2 aromatic carbocycles. The molecule has 0 bridgehead atoms. The molecule has 0 aliphatic carbocycles. The lowest BCUT2D eigenvalue weighted by Gasteiger charge is -2.19. The molecular weight excluding hydrogens is 316 g/mol. The van der Waals surface area contributed by atoms with E-state index in [1.807, 2.05) is 12.1 Å². The first kappa shape index (κ1) is 18.5. The molecule has 0 atom stereocenters. The third kappa shape index (κ3) is 4.83. The fourth-order valence-electron chi connectivity index (χ4n) is 2.40. The minimum Gasteiger partial charge on any atom is -0.495 e. The third-order valence-corrected chi connectivity index (χ3v) is 3.78. The summed E-state index contributed by atoms with van der Waals surface area (Å²) in [6.45, 7) is 7.81. The van der Waals surface area contributed by atoms with Gasteiger partial charge in [-0.25, -0.2) is 0 Å². The summed E-state index contributed by atoms with van der Waals surface area (Å²) >= 11 is 0. The van der Waals surface area contributed by atoms with Gasteiger partial charge in [-0.2, -0.15) is 0 Å². The number of ether oxygens (including phenoxy) is 1. The first-order valence-electron chi connectivity index (χ1n) is 8.08. The number of hydrogen-bond donors (Lipinski definition) is 2. The summed E-state index contributed by atoms with van der Waals surface area (Å²) in [4.78, 5) is 23.7. The highest BCUT2D eigenvalue weighted by Gasteiger charge is 2.15. The predicted molar refractivity (Wildman–Crippen MR) is 100 cm³/mol. The van der Waals surface area contributed by atoms with Crippen LogP contribution < -0.4 is 15.4 Å². The largest absolute Gasteiger partial charge is 0.495 e. The molecule has 0 fully saturated rings. The molecule has 2 rings (SSSR count). The Morgan fingerprint density at radius 2 is 1.60 bits per heavy atom. The summed E-state index contributed by atoms with van der Waals surface area (Å²) in [5.41, 5.74) is 2.84. The van der Waals surface area contributed by atoms with Gasteiger partial charge < -0.3 is 15.4 Å². The molecule has 5 heteroatoms. The maximum Gasteiger partial charge on any atom is 0.255 e. The van der Waals surface area contributed by atoms with E-state index in [9.17, 15) is 9.59 Å². The molecule has 0 saturated carbocycles. The Kier molecular flexibility index (Phi) is 5.47. The quantitative estimate of drug-likeness (QED) is 0.876. The van der Waals surface area contributed by atoms with Crippen molar-refractivity contribution in [1.82, 2.24) is 0 Å². The Labute approximate surface area is 148 Å². The molecule has 0 unspecified atom stereocenters. The van der Waals surface area contributed by atoms with Crippen molar-refractivity contribution in [2.75, 3.05) is 17.7 Å². The predicted octanol–water partition coefficient (Wildman–Crippen LogP) is 4.20. The Hall–Kier alpha value is -2.82. The molecule has 0 spiro atoms. The van der Waals surface area contributed by atoms with Gasteiger partial charge in [-0.1, -0.05) is 32.9 Å². The number of amides is 2. The number of rotatable bonds is 4. The number of hydrogen-bond acceptors (Lipinski definition) is 3. The molecule has 0 aromatic heterocycles. The van der Waals surface area contributed by atoms with Crippen LogP contribution in [0, 0.1) is 0 Å². The van der Waals surface area contributed by atoms with E-state index in [0.717, 1.165) is 5.56 Å². The van der Waals surface area contributed by atoms with Crippen molar-refractivity contribution < 1.29 is 14.3 Å². The molecule has 2 N–H and O–H groups in total. The Morgan fingerprint density at radius 1 is 0.960 bits per heavy atom. The molecule has 132 valence electrons. The maximum absolute atomic E-state index is 12.5. The van der Waals surface area contributed by atoms with Crippen LogP contribution in [0.3, 0.4) is 0 Å². The Balaban J connectivity index is 2.23. The van der Waals surface area contributed by atoms with Crippen LogP contribution in [0.1, 0.15) is 43.6 Å². The molecule has 5 nitrogen and oxygen atoms in total. The van der Waals surface area contributed by atoms with E-state index in [1.54, 1.807) is 30.3 Å². The lowest BCUT2D eigenvalue weighted by atomic mass is 9.87. The van der Waals surface area contributed by atoms with Gasteiger partial charge in [0.25, 0.3) is 5.91 Å². The van der Waals surface area contributed by atoms with Crippen molar-refractivity contribution in [3.05, 3.63) is 53.6 Å². The second kappa shape index (κ2) is 7.38. The van der Waals surface area contributed by atoms with Crippen LogP contribution in [0.15, 0.2) is 42.5 Å². The molecule has 0 heterocycles. The molecule has 2 aromatic rings. The van der Waals surface area contributed by atoms with Crippen LogP contribution in [0.2, 0.25) is 0 Å². The maximum atomic E-state index is 12.5. The second-order valence-corrected chi connectivity index (χ2v) is 6.88. The summed E-state index contributed by atoms with van der Waals surface area (Å²) in [6.07, 6.45) is 0. The summed E-state index contributed by atoms with van der Waals surface area (Å²) in [5.74, 6) is 0.104. The lowest BCUT2D eigenvalue weighted by Crippen LogP contribution is -2.15. The number of benzene rings is 2. The fourth-order valence-corrected chi connectivity index (χ4v) is 2.40. The van der Waals surface area contributed by atoms with Gasteiger partial charge in [-0.15, -0.1) is 0 Å². The Bertz CT molecular complexity index is 775. The van der Waals surface area contributed by atoms with Gasteiger partial charge >= 0.3 is 0 Å². The van der Waals surface area contributed by atoms with E-state index >= 15 is 0 Å². The first-order chi connectivity index (χ1) is 11.7. The van der Waals surface area contributed by atoms with E-state index in [4.69, 9.17) is 4.74 Å². The standard InChI is InChI=1S/C20H24N2O3/c1-13(23)21-16-10-11-18(25-5)17(12-16)22-19(24)14-6-8-15(9-7-14)20(2,3)4/h6-12H,1-5H3,(H,21,23)(H,22,24). The normalized spacial score (nSPS) is 10.9. The van der Waals surface area contributed by atoms with Gasteiger partial charge in [0.2, 0.25) is 5.91 Å². The van der Waals surface area contributed by atoms with Gasteiger partial charge in [-0.3, -0.25) is 9.59 Å². The summed E-state index contributed by atoms with van der Waals surface area (Å²) in [7, 11) is 1.53. The molecule has 25 heavy (non-hydrogen) atoms. The highest BCUT2D eigenvalue weighted by atomic mass is 16.5. The molecule has 0 radical (unpaired) electrons. The van der Waals surface area contributed by atoms with Gasteiger partial charge in [0.1, 0.15) is 5.75 Å². The van der Waals surface area contributed by atoms with E-state index in [2.05, 4.69) is 31.4 Å². The zero-order valence-corrected chi connectivity index (χ0v) is 15.3. The van der Waals surface area contributed by atoms with Crippen LogP contribution >= 0.6 is 0 Å².